The largest absolute Gasteiger partial charge is 0.326 e. The molecule has 0 aliphatic carbocycles. The van der Waals surface area contributed by atoms with Gasteiger partial charge in [0.25, 0.3) is 0 Å². The second kappa shape index (κ2) is 7.84. The van der Waals surface area contributed by atoms with Gasteiger partial charge in [-0.05, 0) is 28.7 Å². The average Bonchev–Trinajstić information content (AvgIpc) is 3.07. The predicted octanol–water partition coefficient (Wildman–Crippen LogP) is 5.23. The number of carbonyl (C=O) groups is 1. The van der Waals surface area contributed by atoms with Crippen LogP contribution in [0.25, 0.3) is 0 Å². The van der Waals surface area contributed by atoms with Crippen LogP contribution in [0.4, 0.5) is 5.69 Å². The van der Waals surface area contributed by atoms with Gasteiger partial charge in [-0.15, -0.1) is 11.8 Å². The minimum absolute atomic E-state index is 0.0138. The summed E-state index contributed by atoms with van der Waals surface area (Å²) in [5.74, 6) is 0.233. The fraction of sp³-hybridized carbons (Fsp3) is 0.304. The van der Waals surface area contributed by atoms with Crippen molar-refractivity contribution in [2.75, 3.05) is 11.1 Å². The molecule has 6 heteroatoms. The molecule has 0 bridgehead atoms. The molecule has 1 aromatic heterocycles. The topological polar surface area (TPSA) is 62.0 Å². The van der Waals surface area contributed by atoms with Crippen LogP contribution >= 0.6 is 23.1 Å². The Labute approximate surface area is 178 Å². The lowest BCUT2D eigenvalue weighted by atomic mass is 9.82. The van der Waals surface area contributed by atoms with Crippen LogP contribution in [-0.2, 0) is 10.2 Å². The Balaban J connectivity index is 1.71. The van der Waals surface area contributed by atoms with E-state index >= 15 is 0 Å². The van der Waals surface area contributed by atoms with E-state index in [4.69, 9.17) is 0 Å². The van der Waals surface area contributed by atoms with Gasteiger partial charge in [0.2, 0.25) is 5.91 Å². The molecule has 2 heterocycles. The highest BCUT2D eigenvalue weighted by atomic mass is 32.2. The van der Waals surface area contributed by atoms with Crippen molar-refractivity contribution >= 4 is 34.7 Å². The smallest absolute Gasteiger partial charge is 0.305 e. The quantitative estimate of drug-likeness (QED) is 0.605. The monoisotopic (exact) mass is 424 g/mol. The Kier molecular flexibility index (Phi) is 5.40. The van der Waals surface area contributed by atoms with Crippen molar-refractivity contribution < 1.29 is 4.79 Å². The molecule has 0 radical (unpaired) electrons. The fourth-order valence-corrected chi connectivity index (χ4v) is 6.06. The zero-order valence-corrected chi connectivity index (χ0v) is 18.3. The average molecular weight is 425 g/mol. The number of aromatic amines is 1. The molecule has 1 aliphatic heterocycles. The highest BCUT2D eigenvalue weighted by molar-refractivity contribution is 7.99. The van der Waals surface area contributed by atoms with Gasteiger partial charge in [0.15, 0.2) is 0 Å². The molecule has 2 aromatic carbocycles. The molecule has 2 N–H and O–H groups in total. The highest BCUT2D eigenvalue weighted by Gasteiger charge is 2.38. The first-order chi connectivity index (χ1) is 13.8. The summed E-state index contributed by atoms with van der Waals surface area (Å²) in [6, 6.07) is 18.0. The predicted molar refractivity (Wildman–Crippen MR) is 121 cm³/mol. The molecule has 1 aliphatic rings. The normalized spacial score (nSPS) is 18.9. The van der Waals surface area contributed by atoms with E-state index in [1.54, 1.807) is 11.8 Å². The van der Waals surface area contributed by atoms with Gasteiger partial charge in [-0.3, -0.25) is 9.59 Å². The van der Waals surface area contributed by atoms with Crippen molar-refractivity contribution in [2.24, 2.45) is 5.92 Å². The number of aromatic nitrogens is 1. The standard InChI is InChI=1S/C23H24N2O2S2/c1-23(2,3)15-11-9-14(10-12-15)18-17(13-28-21-19(18)29-22(27)25-21)20(26)24-16-7-5-4-6-8-16/h4-12,17-18H,13H2,1-3H3,(H,24,26)(H,25,27)/t17-,18+/m1/s1. The summed E-state index contributed by atoms with van der Waals surface area (Å²) < 4.78 is 0. The molecule has 0 spiro atoms. The molecule has 29 heavy (non-hydrogen) atoms. The summed E-state index contributed by atoms with van der Waals surface area (Å²) in [5, 5.41) is 3.95. The van der Waals surface area contributed by atoms with Crippen molar-refractivity contribution in [3.05, 3.63) is 80.3 Å². The van der Waals surface area contributed by atoms with Gasteiger partial charge >= 0.3 is 4.87 Å². The number of rotatable bonds is 3. The Hall–Kier alpha value is -2.31. The van der Waals surface area contributed by atoms with Crippen molar-refractivity contribution in [3.63, 3.8) is 0 Å². The van der Waals surface area contributed by atoms with E-state index < -0.39 is 0 Å². The molecule has 0 saturated heterocycles. The van der Waals surface area contributed by atoms with E-state index in [9.17, 15) is 9.59 Å². The Morgan fingerprint density at radius 3 is 2.41 bits per heavy atom. The van der Waals surface area contributed by atoms with E-state index in [1.807, 2.05) is 30.3 Å². The molecule has 2 atom stereocenters. The van der Waals surface area contributed by atoms with E-state index in [0.717, 1.165) is 21.2 Å². The lowest BCUT2D eigenvalue weighted by molar-refractivity contribution is -0.119. The molecular formula is C23H24N2O2S2. The molecule has 1 amide bonds. The van der Waals surface area contributed by atoms with E-state index in [2.05, 4.69) is 55.3 Å². The van der Waals surface area contributed by atoms with Crippen molar-refractivity contribution in [3.8, 4) is 0 Å². The summed E-state index contributed by atoms with van der Waals surface area (Å²) in [4.78, 5) is 29.1. The zero-order chi connectivity index (χ0) is 20.6. The SMILES string of the molecule is CC(C)(C)c1ccc([C@@H]2c3sc(=O)[nH]c3SC[C@H]2C(=O)Nc2ccccc2)cc1. The van der Waals surface area contributed by atoms with Crippen LogP contribution in [0.1, 0.15) is 42.7 Å². The molecule has 4 nitrogen and oxygen atoms in total. The van der Waals surface area contributed by atoms with E-state index in [-0.39, 0.29) is 28.0 Å². The van der Waals surface area contributed by atoms with Crippen LogP contribution in [0.5, 0.6) is 0 Å². The van der Waals surface area contributed by atoms with Gasteiger partial charge in [0, 0.05) is 22.2 Å². The number of anilines is 1. The third-order valence-electron chi connectivity index (χ3n) is 5.25. The number of benzene rings is 2. The number of thiazole rings is 1. The molecule has 150 valence electrons. The van der Waals surface area contributed by atoms with Crippen molar-refractivity contribution in [1.82, 2.24) is 4.98 Å². The van der Waals surface area contributed by atoms with Crippen LogP contribution in [0.3, 0.4) is 0 Å². The van der Waals surface area contributed by atoms with Gasteiger partial charge in [-0.2, -0.15) is 0 Å². The first kappa shape index (κ1) is 20.0. The van der Waals surface area contributed by atoms with Crippen LogP contribution in [0, 0.1) is 5.92 Å². The molecule has 3 aromatic rings. The zero-order valence-electron chi connectivity index (χ0n) is 16.7. The summed E-state index contributed by atoms with van der Waals surface area (Å²) in [6.07, 6.45) is 0. The fourth-order valence-electron chi connectivity index (χ4n) is 3.65. The summed E-state index contributed by atoms with van der Waals surface area (Å²) in [6.45, 7) is 6.56. The summed E-state index contributed by atoms with van der Waals surface area (Å²) in [5.41, 5.74) is 3.18. The lowest BCUT2D eigenvalue weighted by Crippen LogP contribution is -2.32. The van der Waals surface area contributed by atoms with Gasteiger partial charge in [-0.1, -0.05) is 74.6 Å². The maximum atomic E-state index is 13.2. The Morgan fingerprint density at radius 1 is 1.07 bits per heavy atom. The third kappa shape index (κ3) is 4.19. The summed E-state index contributed by atoms with van der Waals surface area (Å²) in [7, 11) is 0. The van der Waals surface area contributed by atoms with Gasteiger partial charge in [-0.25, -0.2) is 0 Å². The molecule has 0 saturated carbocycles. The van der Waals surface area contributed by atoms with E-state index in [0.29, 0.717) is 5.75 Å². The Morgan fingerprint density at radius 2 is 1.76 bits per heavy atom. The van der Waals surface area contributed by atoms with Crippen LogP contribution in [0.15, 0.2) is 64.4 Å². The third-order valence-corrected chi connectivity index (χ3v) is 7.48. The molecule has 4 rings (SSSR count). The van der Waals surface area contributed by atoms with Crippen molar-refractivity contribution in [2.45, 2.75) is 37.1 Å². The first-order valence-electron chi connectivity index (χ1n) is 9.65. The van der Waals surface area contributed by atoms with Gasteiger partial charge in [0.1, 0.15) is 0 Å². The molecule has 0 unspecified atom stereocenters. The lowest BCUT2D eigenvalue weighted by Gasteiger charge is -2.30. The molecular weight excluding hydrogens is 400 g/mol. The van der Waals surface area contributed by atoms with Crippen molar-refractivity contribution in [1.29, 1.82) is 0 Å². The maximum absolute atomic E-state index is 13.2. The number of hydrogen-bond acceptors (Lipinski definition) is 4. The Bertz CT molecular complexity index is 1060. The number of amides is 1. The second-order valence-corrected chi connectivity index (χ2v) is 10.4. The van der Waals surface area contributed by atoms with Crippen LogP contribution < -0.4 is 10.2 Å². The van der Waals surface area contributed by atoms with Crippen LogP contribution in [-0.4, -0.2) is 16.6 Å². The number of H-pyrrole nitrogens is 1. The first-order valence-corrected chi connectivity index (χ1v) is 11.5. The maximum Gasteiger partial charge on any atom is 0.305 e. The minimum Gasteiger partial charge on any atom is -0.326 e. The number of nitrogens with one attached hydrogen (secondary N) is 2. The number of fused-ring (bicyclic) bond motifs is 1. The van der Waals surface area contributed by atoms with Crippen LogP contribution in [0.2, 0.25) is 0 Å². The summed E-state index contributed by atoms with van der Waals surface area (Å²) >= 11 is 2.77. The minimum atomic E-state index is -0.250. The molecule has 0 fully saturated rings. The van der Waals surface area contributed by atoms with Gasteiger partial charge < -0.3 is 10.3 Å². The number of hydrogen-bond donors (Lipinski definition) is 2. The number of para-hydroxylation sites is 1. The second-order valence-electron chi connectivity index (χ2n) is 8.33. The highest BCUT2D eigenvalue weighted by Crippen LogP contribution is 2.45. The number of thioether (sulfide) groups is 1. The van der Waals surface area contributed by atoms with Gasteiger partial charge in [0.05, 0.1) is 10.9 Å². The van der Waals surface area contributed by atoms with E-state index in [1.165, 1.54) is 16.9 Å². The number of carbonyl (C=O) groups excluding carboxylic acids is 1.